The zero-order chi connectivity index (χ0) is 18.4. The van der Waals surface area contributed by atoms with E-state index in [1.807, 2.05) is 24.4 Å². The number of benzene rings is 1. The highest BCUT2D eigenvalue weighted by Crippen LogP contribution is 2.14. The molecule has 0 radical (unpaired) electrons. The van der Waals surface area contributed by atoms with Crippen LogP contribution in [0.2, 0.25) is 0 Å². The first-order chi connectivity index (χ1) is 12.6. The van der Waals surface area contributed by atoms with Crippen molar-refractivity contribution in [3.05, 3.63) is 54.2 Å². The van der Waals surface area contributed by atoms with Crippen LogP contribution >= 0.6 is 0 Å². The Bertz CT molecular complexity index is 698. The van der Waals surface area contributed by atoms with E-state index < -0.39 is 6.10 Å². The molecule has 6 nitrogen and oxygen atoms in total. The Morgan fingerprint density at radius 1 is 1.15 bits per heavy atom. The highest BCUT2D eigenvalue weighted by Gasteiger charge is 2.20. The first-order valence-corrected chi connectivity index (χ1v) is 8.92. The van der Waals surface area contributed by atoms with Gasteiger partial charge in [0.15, 0.2) is 5.78 Å². The van der Waals surface area contributed by atoms with Gasteiger partial charge in [-0.1, -0.05) is 6.07 Å². The van der Waals surface area contributed by atoms with Crippen LogP contribution in [0.1, 0.15) is 17.3 Å². The zero-order valence-corrected chi connectivity index (χ0v) is 15.0. The quantitative estimate of drug-likeness (QED) is 0.765. The van der Waals surface area contributed by atoms with E-state index in [2.05, 4.69) is 14.8 Å². The van der Waals surface area contributed by atoms with Crippen molar-refractivity contribution in [2.45, 2.75) is 13.0 Å². The molecule has 1 atom stereocenters. The summed E-state index contributed by atoms with van der Waals surface area (Å²) in [7, 11) is 0. The second-order valence-electron chi connectivity index (χ2n) is 6.52. The molecule has 2 heterocycles. The maximum atomic E-state index is 11.3. The smallest absolute Gasteiger partial charge is 0.159 e. The fourth-order valence-electron chi connectivity index (χ4n) is 3.03. The van der Waals surface area contributed by atoms with Crippen LogP contribution in [0.4, 0.5) is 5.82 Å². The van der Waals surface area contributed by atoms with E-state index >= 15 is 0 Å². The van der Waals surface area contributed by atoms with Gasteiger partial charge < -0.3 is 14.7 Å². The Morgan fingerprint density at radius 3 is 2.50 bits per heavy atom. The molecule has 0 spiro atoms. The van der Waals surface area contributed by atoms with E-state index in [-0.39, 0.29) is 12.4 Å². The van der Waals surface area contributed by atoms with Crippen LogP contribution in [0.15, 0.2) is 48.7 Å². The van der Waals surface area contributed by atoms with Crippen LogP contribution < -0.4 is 9.64 Å². The number of pyridine rings is 1. The van der Waals surface area contributed by atoms with Crippen molar-refractivity contribution in [2.24, 2.45) is 0 Å². The number of hydrogen-bond acceptors (Lipinski definition) is 6. The molecule has 1 N–H and O–H groups in total. The van der Waals surface area contributed by atoms with Gasteiger partial charge in [0.25, 0.3) is 0 Å². The molecule has 0 unspecified atom stereocenters. The Hall–Kier alpha value is -2.44. The summed E-state index contributed by atoms with van der Waals surface area (Å²) in [4.78, 5) is 20.2. The number of ether oxygens (including phenoxy) is 1. The van der Waals surface area contributed by atoms with E-state index in [4.69, 9.17) is 4.74 Å². The topological polar surface area (TPSA) is 65.9 Å². The summed E-state index contributed by atoms with van der Waals surface area (Å²) in [5.41, 5.74) is 0.656. The van der Waals surface area contributed by atoms with Gasteiger partial charge in [-0.2, -0.15) is 0 Å². The van der Waals surface area contributed by atoms with E-state index in [1.165, 1.54) is 6.92 Å². The van der Waals surface area contributed by atoms with Crippen molar-refractivity contribution < 1.29 is 14.6 Å². The number of nitrogens with zero attached hydrogens (tertiary/aromatic N) is 3. The molecule has 3 rings (SSSR count). The Morgan fingerprint density at radius 2 is 1.88 bits per heavy atom. The lowest BCUT2D eigenvalue weighted by molar-refractivity contribution is 0.0662. The third-order valence-corrected chi connectivity index (χ3v) is 4.52. The Balaban J connectivity index is 1.40. The maximum absolute atomic E-state index is 11.3. The molecule has 6 heteroatoms. The lowest BCUT2D eigenvalue weighted by atomic mass is 10.1. The van der Waals surface area contributed by atoms with Crippen molar-refractivity contribution in [3.63, 3.8) is 0 Å². The largest absolute Gasteiger partial charge is 0.491 e. The summed E-state index contributed by atoms with van der Waals surface area (Å²) >= 11 is 0. The third kappa shape index (κ3) is 5.03. The minimum absolute atomic E-state index is 0.0291. The molecule has 26 heavy (non-hydrogen) atoms. The molecule has 2 aromatic rings. The number of anilines is 1. The number of piperazine rings is 1. The SMILES string of the molecule is CC(=O)c1ccc(OC[C@H](O)CN2CCN(c3ccccn3)CC2)cc1. The van der Waals surface area contributed by atoms with Crippen molar-refractivity contribution in [1.29, 1.82) is 0 Å². The van der Waals surface area contributed by atoms with Crippen LogP contribution in [0.3, 0.4) is 0 Å². The van der Waals surface area contributed by atoms with Crippen molar-refractivity contribution in [1.82, 2.24) is 9.88 Å². The standard InChI is InChI=1S/C20H25N3O3/c1-16(24)17-5-7-19(8-6-17)26-15-18(25)14-22-10-12-23(13-11-22)20-4-2-3-9-21-20/h2-9,18,25H,10-15H2,1H3/t18-/m1/s1. The molecule has 0 amide bonds. The molecule has 1 fully saturated rings. The molecular weight excluding hydrogens is 330 g/mol. The summed E-state index contributed by atoms with van der Waals surface area (Å²) in [6.07, 6.45) is 1.26. The van der Waals surface area contributed by atoms with Gasteiger partial charge in [-0.3, -0.25) is 9.69 Å². The summed E-state index contributed by atoms with van der Waals surface area (Å²) in [6.45, 7) is 5.94. The van der Waals surface area contributed by atoms with Gasteiger partial charge in [0, 0.05) is 44.5 Å². The van der Waals surface area contributed by atoms with Gasteiger partial charge >= 0.3 is 0 Å². The van der Waals surface area contributed by atoms with E-state index in [1.54, 1.807) is 24.3 Å². The van der Waals surface area contributed by atoms with E-state index in [0.29, 0.717) is 17.9 Å². The van der Waals surface area contributed by atoms with E-state index in [9.17, 15) is 9.90 Å². The normalized spacial score (nSPS) is 16.3. The fourth-order valence-corrected chi connectivity index (χ4v) is 3.03. The molecule has 1 aliphatic heterocycles. The first-order valence-electron chi connectivity index (χ1n) is 8.92. The molecule has 1 aromatic carbocycles. The molecule has 1 saturated heterocycles. The Kier molecular flexibility index (Phi) is 6.20. The summed E-state index contributed by atoms with van der Waals surface area (Å²) in [5, 5.41) is 10.2. The van der Waals surface area contributed by atoms with E-state index in [0.717, 1.165) is 32.0 Å². The summed E-state index contributed by atoms with van der Waals surface area (Å²) in [6, 6.07) is 12.9. The van der Waals surface area contributed by atoms with Gasteiger partial charge in [0.1, 0.15) is 24.3 Å². The van der Waals surface area contributed by atoms with Crippen LogP contribution in [-0.2, 0) is 0 Å². The predicted octanol–water partition coefficient (Wildman–Crippen LogP) is 1.85. The molecule has 1 aliphatic rings. The van der Waals surface area contributed by atoms with Crippen molar-refractivity contribution in [2.75, 3.05) is 44.2 Å². The number of hydrogen-bond donors (Lipinski definition) is 1. The van der Waals surface area contributed by atoms with Gasteiger partial charge in [-0.25, -0.2) is 4.98 Å². The number of rotatable bonds is 7. The zero-order valence-electron chi connectivity index (χ0n) is 15.0. The van der Waals surface area contributed by atoms with Gasteiger partial charge in [0.2, 0.25) is 0 Å². The number of Topliss-reactive ketones (excluding diaryl/α,β-unsaturated/α-hetero) is 1. The highest BCUT2D eigenvalue weighted by molar-refractivity contribution is 5.94. The average molecular weight is 355 g/mol. The lowest BCUT2D eigenvalue weighted by Gasteiger charge is -2.36. The Labute approximate surface area is 154 Å². The highest BCUT2D eigenvalue weighted by atomic mass is 16.5. The number of β-amino-alcohol motifs (C(OH)–C–C–N with tert-alkyl or cyclic N) is 1. The maximum Gasteiger partial charge on any atom is 0.159 e. The number of aliphatic hydroxyl groups excluding tert-OH is 1. The molecule has 0 aliphatic carbocycles. The minimum atomic E-state index is -0.552. The number of carbonyl (C=O) groups excluding carboxylic acids is 1. The lowest BCUT2D eigenvalue weighted by Crippen LogP contribution is -2.49. The number of aliphatic hydroxyl groups is 1. The number of ketones is 1. The summed E-state index contributed by atoms with van der Waals surface area (Å²) < 4.78 is 5.63. The molecule has 138 valence electrons. The van der Waals surface area contributed by atoms with Crippen LogP contribution in [0.25, 0.3) is 0 Å². The predicted molar refractivity (Wildman–Crippen MR) is 101 cm³/mol. The molecule has 0 saturated carbocycles. The monoisotopic (exact) mass is 355 g/mol. The van der Waals surface area contributed by atoms with Crippen LogP contribution in [0, 0.1) is 0 Å². The molecular formula is C20H25N3O3. The minimum Gasteiger partial charge on any atom is -0.491 e. The summed E-state index contributed by atoms with van der Waals surface area (Å²) in [5.74, 6) is 1.69. The average Bonchev–Trinajstić information content (AvgIpc) is 2.68. The first kappa shape index (κ1) is 18.4. The van der Waals surface area contributed by atoms with Crippen molar-refractivity contribution in [3.8, 4) is 5.75 Å². The second kappa shape index (κ2) is 8.78. The van der Waals surface area contributed by atoms with Crippen LogP contribution in [-0.4, -0.2) is 66.2 Å². The van der Waals surface area contributed by atoms with Gasteiger partial charge in [-0.05, 0) is 43.3 Å². The molecule has 1 aromatic heterocycles. The fraction of sp³-hybridized carbons (Fsp3) is 0.400. The van der Waals surface area contributed by atoms with Crippen LogP contribution in [0.5, 0.6) is 5.75 Å². The number of aromatic nitrogens is 1. The number of carbonyl (C=O) groups is 1. The third-order valence-electron chi connectivity index (χ3n) is 4.52. The van der Waals surface area contributed by atoms with Crippen molar-refractivity contribution >= 4 is 11.6 Å². The van der Waals surface area contributed by atoms with Gasteiger partial charge in [-0.15, -0.1) is 0 Å². The molecule has 0 bridgehead atoms. The second-order valence-corrected chi connectivity index (χ2v) is 6.52. The van der Waals surface area contributed by atoms with Gasteiger partial charge in [0.05, 0.1) is 0 Å².